The van der Waals surface area contributed by atoms with E-state index in [0.717, 1.165) is 19.1 Å². The minimum Gasteiger partial charge on any atom is -0.390 e. The van der Waals surface area contributed by atoms with E-state index in [-0.39, 0.29) is 0 Å². The normalized spacial score (nSPS) is 46.5. The zero-order valence-electron chi connectivity index (χ0n) is 9.97. The van der Waals surface area contributed by atoms with Gasteiger partial charge in [-0.3, -0.25) is 14.9 Å². The number of carbonyl (C=O) groups excluding carboxylic acids is 2. The van der Waals surface area contributed by atoms with Crippen LogP contribution in [-0.2, 0) is 14.3 Å². The highest BCUT2D eigenvalue weighted by Crippen LogP contribution is 2.45. The molecule has 8 heteroatoms. The molecule has 2 heterocycles. The highest BCUT2D eigenvalue weighted by Gasteiger charge is 2.65. The van der Waals surface area contributed by atoms with Crippen LogP contribution in [0.3, 0.4) is 0 Å². The fourth-order valence-electron chi connectivity index (χ4n) is 2.28. The van der Waals surface area contributed by atoms with Gasteiger partial charge in [-0.2, -0.15) is 0 Å². The van der Waals surface area contributed by atoms with Gasteiger partial charge in [0.2, 0.25) is 11.8 Å². The smallest absolute Gasteiger partial charge is 0.262 e. The lowest BCUT2D eigenvalue weighted by Crippen LogP contribution is -2.51. The Labute approximate surface area is 107 Å². The van der Waals surface area contributed by atoms with Gasteiger partial charge in [-0.1, -0.05) is 6.08 Å². The molecule has 19 heavy (non-hydrogen) atoms. The number of ether oxygens (including phenoxy) is 1. The molecule has 1 saturated heterocycles. The molecule has 0 aromatic heterocycles. The maximum absolute atomic E-state index is 14.4. The van der Waals surface area contributed by atoms with Crippen molar-refractivity contribution in [3.63, 3.8) is 0 Å². The van der Waals surface area contributed by atoms with E-state index in [1.807, 2.05) is 5.32 Å². The first kappa shape index (κ1) is 14.0. The zero-order valence-corrected chi connectivity index (χ0v) is 9.97. The maximum Gasteiger partial charge on any atom is 0.262 e. The molecule has 0 aromatic carbocycles. The molecule has 2 aliphatic heterocycles. The molecule has 1 unspecified atom stereocenters. The minimum absolute atomic E-state index is 0.672. The number of rotatable bonds is 2. The number of amides is 2. The first-order valence-corrected chi connectivity index (χ1v) is 5.60. The molecule has 106 valence electrons. The van der Waals surface area contributed by atoms with Crippen LogP contribution < -0.4 is 5.32 Å². The number of nitrogens with one attached hydrogen (secondary N) is 1. The van der Waals surface area contributed by atoms with E-state index in [4.69, 9.17) is 9.84 Å². The van der Waals surface area contributed by atoms with E-state index in [9.17, 15) is 23.5 Å². The van der Waals surface area contributed by atoms with Gasteiger partial charge in [0.15, 0.2) is 11.8 Å². The van der Waals surface area contributed by atoms with Crippen molar-refractivity contribution in [2.45, 2.75) is 30.7 Å². The third kappa shape index (κ3) is 2.05. The van der Waals surface area contributed by atoms with Gasteiger partial charge in [0.25, 0.3) is 5.85 Å². The fraction of sp³-hybridized carbons (Fsp3) is 0.636. The molecule has 0 aromatic rings. The second kappa shape index (κ2) is 4.32. The molecule has 1 fully saturated rings. The summed E-state index contributed by atoms with van der Waals surface area (Å²) in [4.78, 5) is 22.5. The molecule has 6 nitrogen and oxygen atoms in total. The summed E-state index contributed by atoms with van der Waals surface area (Å²) in [5.41, 5.74) is -2.59. The highest BCUT2D eigenvalue weighted by molar-refractivity contribution is 6.05. The number of aliphatic hydroxyl groups excluding tert-OH is 2. The maximum atomic E-state index is 14.4. The Bertz CT molecular complexity index is 452. The SMILES string of the molecule is C[C@]1(F)[C@H](C2C=CC(=O)NC2=O)O[C@](F)(CO)[C@H]1O. The lowest BCUT2D eigenvalue weighted by molar-refractivity contribution is -0.200. The third-order valence-electron chi connectivity index (χ3n) is 3.37. The number of alkyl halides is 2. The lowest BCUT2D eigenvalue weighted by atomic mass is 9.85. The monoisotopic (exact) mass is 277 g/mol. The average Bonchev–Trinajstić information content (AvgIpc) is 2.51. The van der Waals surface area contributed by atoms with Crippen molar-refractivity contribution < 1.29 is 33.3 Å². The molecule has 2 rings (SSSR count). The molecule has 0 radical (unpaired) electrons. The number of imide groups is 1. The predicted molar refractivity (Wildman–Crippen MR) is 57.1 cm³/mol. The first-order valence-electron chi connectivity index (χ1n) is 5.60. The van der Waals surface area contributed by atoms with Crippen LogP contribution >= 0.6 is 0 Å². The molecule has 0 saturated carbocycles. The Balaban J connectivity index is 2.33. The van der Waals surface area contributed by atoms with Crippen molar-refractivity contribution >= 4 is 11.8 Å². The molecule has 2 amide bonds. The summed E-state index contributed by atoms with van der Waals surface area (Å²) >= 11 is 0. The van der Waals surface area contributed by atoms with Crippen molar-refractivity contribution in [2.24, 2.45) is 5.92 Å². The van der Waals surface area contributed by atoms with Gasteiger partial charge in [-0.05, 0) is 6.92 Å². The van der Waals surface area contributed by atoms with Crippen molar-refractivity contribution in [1.29, 1.82) is 0 Å². The Kier molecular flexibility index (Phi) is 3.20. The van der Waals surface area contributed by atoms with E-state index in [0.29, 0.717) is 0 Å². The Morgan fingerprint density at radius 1 is 1.47 bits per heavy atom. The van der Waals surface area contributed by atoms with E-state index in [2.05, 4.69) is 0 Å². The van der Waals surface area contributed by atoms with Gasteiger partial charge in [-0.15, -0.1) is 0 Å². The van der Waals surface area contributed by atoms with Crippen LogP contribution in [0.4, 0.5) is 8.78 Å². The fourth-order valence-corrected chi connectivity index (χ4v) is 2.28. The van der Waals surface area contributed by atoms with E-state index in [1.165, 1.54) is 0 Å². The molecular formula is C11H13F2NO5. The van der Waals surface area contributed by atoms with Crippen molar-refractivity contribution in [2.75, 3.05) is 6.61 Å². The summed E-state index contributed by atoms with van der Waals surface area (Å²) in [6.45, 7) is -0.377. The summed E-state index contributed by atoms with van der Waals surface area (Å²) < 4.78 is 33.0. The molecule has 0 spiro atoms. The van der Waals surface area contributed by atoms with E-state index in [1.54, 1.807) is 0 Å². The van der Waals surface area contributed by atoms with E-state index < -0.39 is 48.1 Å². The Hall–Kier alpha value is -1.38. The average molecular weight is 277 g/mol. The van der Waals surface area contributed by atoms with Crippen molar-refractivity contribution in [3.05, 3.63) is 12.2 Å². The minimum atomic E-state index is -2.98. The topological polar surface area (TPSA) is 95.9 Å². The van der Waals surface area contributed by atoms with Gasteiger partial charge in [0.05, 0.1) is 5.92 Å². The summed E-state index contributed by atoms with van der Waals surface area (Å²) in [6, 6.07) is 0. The zero-order chi connectivity index (χ0) is 14.4. The standard InChI is InChI=1S/C11H13F2NO5/c1-10(12)7(19-11(13,4-15)9(10)18)5-2-3-6(16)14-8(5)17/h2-3,5,7,9,15,18H,4H2,1H3,(H,14,16,17)/t5?,7-,9-,10-,11+/m0/s1. The van der Waals surface area contributed by atoms with Gasteiger partial charge >= 0.3 is 0 Å². The van der Waals surface area contributed by atoms with Crippen LogP contribution in [-0.4, -0.2) is 52.4 Å². The second-order valence-corrected chi connectivity index (χ2v) is 4.77. The van der Waals surface area contributed by atoms with Crippen molar-refractivity contribution in [1.82, 2.24) is 5.32 Å². The first-order chi connectivity index (χ1) is 8.72. The van der Waals surface area contributed by atoms with E-state index >= 15 is 0 Å². The van der Waals surface area contributed by atoms with Crippen LogP contribution in [0.5, 0.6) is 0 Å². The van der Waals surface area contributed by atoms with Gasteiger partial charge in [0.1, 0.15) is 12.7 Å². The number of hydrogen-bond donors (Lipinski definition) is 3. The van der Waals surface area contributed by atoms with Gasteiger partial charge < -0.3 is 14.9 Å². The Morgan fingerprint density at radius 3 is 2.58 bits per heavy atom. The molecule has 2 aliphatic rings. The Morgan fingerprint density at radius 2 is 2.11 bits per heavy atom. The molecule has 5 atom stereocenters. The summed E-state index contributed by atoms with van der Waals surface area (Å²) in [6.07, 6.45) is -1.81. The third-order valence-corrected chi connectivity index (χ3v) is 3.37. The van der Waals surface area contributed by atoms with Crippen molar-refractivity contribution in [3.8, 4) is 0 Å². The van der Waals surface area contributed by atoms with Crippen LogP contribution in [0, 0.1) is 5.92 Å². The lowest BCUT2D eigenvalue weighted by Gasteiger charge is -2.28. The molecule has 0 aliphatic carbocycles. The number of halogens is 2. The molecule has 0 bridgehead atoms. The van der Waals surface area contributed by atoms with Crippen LogP contribution in [0.25, 0.3) is 0 Å². The summed E-state index contributed by atoms with van der Waals surface area (Å²) in [7, 11) is 0. The largest absolute Gasteiger partial charge is 0.390 e. The van der Waals surface area contributed by atoms with Gasteiger partial charge in [-0.25, -0.2) is 8.78 Å². The number of aliphatic hydroxyl groups is 2. The van der Waals surface area contributed by atoms with Crippen LogP contribution in [0.2, 0.25) is 0 Å². The second-order valence-electron chi connectivity index (χ2n) is 4.77. The predicted octanol–water partition coefficient (Wildman–Crippen LogP) is -1.04. The molecule has 3 N–H and O–H groups in total. The number of hydrogen-bond acceptors (Lipinski definition) is 5. The summed E-state index contributed by atoms with van der Waals surface area (Å²) in [5, 5.41) is 20.3. The number of carbonyl (C=O) groups is 2. The summed E-state index contributed by atoms with van der Waals surface area (Å²) in [5.74, 6) is -5.78. The van der Waals surface area contributed by atoms with Crippen LogP contribution in [0.1, 0.15) is 6.92 Å². The quantitative estimate of drug-likeness (QED) is 0.560. The van der Waals surface area contributed by atoms with Crippen LogP contribution in [0.15, 0.2) is 12.2 Å². The van der Waals surface area contributed by atoms with Gasteiger partial charge in [0, 0.05) is 6.08 Å². The molecular weight excluding hydrogens is 264 g/mol. The highest BCUT2D eigenvalue weighted by atomic mass is 19.2.